The lowest BCUT2D eigenvalue weighted by Gasteiger charge is -2.36. The minimum Gasteiger partial charge on any atom is -0.361 e. The number of hydrogen-bond acceptors (Lipinski definition) is 2. The van der Waals surface area contributed by atoms with Crippen molar-refractivity contribution in [3.05, 3.63) is 132 Å². The molecule has 0 saturated carbocycles. The van der Waals surface area contributed by atoms with Crippen molar-refractivity contribution in [3.8, 4) is 6.07 Å². The van der Waals surface area contributed by atoms with Gasteiger partial charge in [-0.05, 0) is 55.6 Å². The van der Waals surface area contributed by atoms with Crippen LogP contribution in [0.15, 0.2) is 127 Å². The molecule has 1 aromatic heterocycles. The summed E-state index contributed by atoms with van der Waals surface area (Å²) in [6.45, 7) is 0. The van der Waals surface area contributed by atoms with Crippen LogP contribution in [-0.2, 0) is 0 Å². The molecule has 0 radical (unpaired) electrons. The molecule has 2 aromatic carbocycles. The van der Waals surface area contributed by atoms with Crippen LogP contribution >= 0.6 is 0 Å². The molecule has 3 heteroatoms. The van der Waals surface area contributed by atoms with Crippen molar-refractivity contribution in [3.63, 3.8) is 0 Å². The lowest BCUT2D eigenvalue weighted by atomic mass is 9.83. The second-order valence-corrected chi connectivity index (χ2v) is 11.5. The van der Waals surface area contributed by atoms with Crippen molar-refractivity contribution >= 4 is 33.1 Å². The van der Waals surface area contributed by atoms with Crippen LogP contribution in [0.25, 0.3) is 33.1 Å². The third-order valence-corrected chi connectivity index (χ3v) is 9.37. The third kappa shape index (κ3) is 3.49. The minimum atomic E-state index is 0.314. The summed E-state index contributed by atoms with van der Waals surface area (Å²) in [5.41, 5.74) is 8.64. The molecule has 1 fully saturated rings. The Balaban J connectivity index is 1.29. The highest BCUT2D eigenvalue weighted by Gasteiger charge is 2.45. The van der Waals surface area contributed by atoms with Crippen molar-refractivity contribution in [1.29, 1.82) is 5.26 Å². The fourth-order valence-corrected chi connectivity index (χ4v) is 7.61. The van der Waals surface area contributed by atoms with E-state index in [-0.39, 0.29) is 0 Å². The molecule has 5 aliphatic rings. The Hall–Kier alpha value is -4.55. The Morgan fingerprint density at radius 2 is 1.73 bits per heavy atom. The highest BCUT2D eigenvalue weighted by atomic mass is 15.2. The molecule has 194 valence electrons. The van der Waals surface area contributed by atoms with Gasteiger partial charge in [-0.1, -0.05) is 91.1 Å². The van der Waals surface area contributed by atoms with Gasteiger partial charge >= 0.3 is 0 Å². The molecule has 0 N–H and O–H groups in total. The zero-order valence-corrected chi connectivity index (χ0v) is 22.4. The molecule has 3 aromatic rings. The number of nitriles is 1. The van der Waals surface area contributed by atoms with Gasteiger partial charge in [0, 0.05) is 45.1 Å². The molecule has 1 saturated heterocycles. The van der Waals surface area contributed by atoms with Crippen LogP contribution in [0.2, 0.25) is 0 Å². The number of nitrogens with zero attached hydrogens (tertiary/aromatic N) is 3. The number of allylic oxidation sites excluding steroid dienone is 12. The maximum atomic E-state index is 9.44. The van der Waals surface area contributed by atoms with Gasteiger partial charge in [-0.15, -0.1) is 0 Å². The zero-order chi connectivity index (χ0) is 26.6. The first-order chi connectivity index (χ1) is 19.8. The first-order valence-electron chi connectivity index (χ1n) is 14.5. The van der Waals surface area contributed by atoms with Crippen LogP contribution in [0.3, 0.4) is 0 Å². The largest absolute Gasteiger partial charge is 0.361 e. The van der Waals surface area contributed by atoms with Gasteiger partial charge in [-0.3, -0.25) is 0 Å². The molecule has 0 spiro atoms. The number of fused-ring (bicyclic) bond motifs is 6. The lowest BCUT2D eigenvalue weighted by Crippen LogP contribution is -2.38. The predicted molar refractivity (Wildman–Crippen MR) is 165 cm³/mol. The number of benzene rings is 2. The SMILES string of the molecule is N#CC1=CC=C(n2c3ccccc3c3cccc(C4=CC(N5C6=CC=CC[C@H]6C6C=CC=CC65)CC=C4)c32)CC1. The molecule has 40 heavy (non-hydrogen) atoms. The highest BCUT2D eigenvalue weighted by Crippen LogP contribution is 2.47. The summed E-state index contributed by atoms with van der Waals surface area (Å²) >= 11 is 0. The molecule has 1 aliphatic heterocycles. The van der Waals surface area contributed by atoms with E-state index in [2.05, 4.69) is 125 Å². The molecule has 0 amide bonds. The van der Waals surface area contributed by atoms with Crippen molar-refractivity contribution in [2.24, 2.45) is 11.8 Å². The molecule has 0 bridgehead atoms. The molecular weight excluding hydrogens is 486 g/mol. The minimum absolute atomic E-state index is 0.314. The summed E-state index contributed by atoms with van der Waals surface area (Å²) < 4.78 is 2.45. The average Bonchev–Trinajstić information content (AvgIpc) is 3.54. The molecule has 4 atom stereocenters. The van der Waals surface area contributed by atoms with Gasteiger partial charge in [0.05, 0.1) is 29.2 Å². The molecule has 3 nitrogen and oxygen atoms in total. The van der Waals surface area contributed by atoms with Crippen LogP contribution < -0.4 is 0 Å². The Kier molecular flexibility index (Phi) is 5.42. The topological polar surface area (TPSA) is 32.0 Å². The fraction of sp³-hybridized carbons (Fsp3) is 0.216. The van der Waals surface area contributed by atoms with Crippen LogP contribution in [-0.4, -0.2) is 21.6 Å². The normalized spacial score (nSPS) is 26.7. The first-order valence-corrected chi connectivity index (χ1v) is 14.5. The van der Waals surface area contributed by atoms with Gasteiger partial charge in [0.15, 0.2) is 0 Å². The van der Waals surface area contributed by atoms with Crippen molar-refractivity contribution in [1.82, 2.24) is 9.47 Å². The van der Waals surface area contributed by atoms with Crippen LogP contribution in [0.4, 0.5) is 0 Å². The molecular formula is C37H31N3. The van der Waals surface area contributed by atoms with E-state index in [0.29, 0.717) is 23.9 Å². The summed E-state index contributed by atoms with van der Waals surface area (Å²) in [5, 5.41) is 12.0. The lowest BCUT2D eigenvalue weighted by molar-refractivity contribution is 0.267. The fourth-order valence-electron chi connectivity index (χ4n) is 7.61. The Labute approximate surface area is 235 Å². The first kappa shape index (κ1) is 23.3. The summed E-state index contributed by atoms with van der Waals surface area (Å²) in [5.74, 6) is 1.11. The Bertz CT molecular complexity index is 1840. The van der Waals surface area contributed by atoms with Gasteiger partial charge in [-0.2, -0.15) is 5.26 Å². The maximum Gasteiger partial charge on any atom is 0.0947 e. The predicted octanol–water partition coefficient (Wildman–Crippen LogP) is 8.48. The van der Waals surface area contributed by atoms with E-state index >= 15 is 0 Å². The van der Waals surface area contributed by atoms with Crippen LogP contribution in [0, 0.1) is 23.2 Å². The number of likely N-dealkylation sites (tertiary alicyclic amines) is 1. The Morgan fingerprint density at radius 1 is 0.825 bits per heavy atom. The van der Waals surface area contributed by atoms with E-state index in [1.54, 1.807) is 0 Å². The van der Waals surface area contributed by atoms with Crippen molar-refractivity contribution in [2.45, 2.75) is 37.8 Å². The van der Waals surface area contributed by atoms with Gasteiger partial charge in [0.1, 0.15) is 0 Å². The Morgan fingerprint density at radius 3 is 2.62 bits per heavy atom. The van der Waals surface area contributed by atoms with E-state index in [1.165, 1.54) is 44.3 Å². The third-order valence-electron chi connectivity index (χ3n) is 9.37. The summed E-state index contributed by atoms with van der Waals surface area (Å²) in [6.07, 6.45) is 31.4. The molecule has 8 rings (SSSR count). The van der Waals surface area contributed by atoms with Crippen molar-refractivity contribution in [2.75, 3.05) is 0 Å². The van der Waals surface area contributed by atoms with E-state index in [0.717, 1.165) is 31.3 Å². The van der Waals surface area contributed by atoms with Crippen molar-refractivity contribution < 1.29 is 0 Å². The number of para-hydroxylation sites is 2. The van der Waals surface area contributed by atoms with Gasteiger partial charge in [0.25, 0.3) is 0 Å². The van der Waals surface area contributed by atoms with E-state index in [4.69, 9.17) is 0 Å². The highest BCUT2D eigenvalue weighted by molar-refractivity contribution is 6.13. The molecule has 4 aliphatic carbocycles. The van der Waals surface area contributed by atoms with Gasteiger partial charge < -0.3 is 9.47 Å². The quantitative estimate of drug-likeness (QED) is 0.349. The summed E-state index contributed by atoms with van der Waals surface area (Å²) in [6, 6.07) is 18.6. The van der Waals surface area contributed by atoms with Gasteiger partial charge in [-0.25, -0.2) is 0 Å². The second kappa shape index (κ2) is 9.28. The molecule has 3 unspecified atom stereocenters. The molecule has 2 heterocycles. The van der Waals surface area contributed by atoms with Crippen LogP contribution in [0.5, 0.6) is 0 Å². The number of rotatable bonds is 3. The smallest absolute Gasteiger partial charge is 0.0947 e. The number of aromatic nitrogens is 1. The van der Waals surface area contributed by atoms with E-state index in [1.807, 2.05) is 6.08 Å². The number of hydrogen-bond donors (Lipinski definition) is 0. The average molecular weight is 518 g/mol. The monoisotopic (exact) mass is 517 g/mol. The van der Waals surface area contributed by atoms with Gasteiger partial charge in [0.2, 0.25) is 0 Å². The zero-order valence-electron chi connectivity index (χ0n) is 22.4. The standard InChI is InChI=1S/C37H31N3/c38-24-25-19-21-27(22-20-25)40-36-18-6-3-13-32(36)33-15-8-14-29(37(33)40)26-9-7-10-28(23-26)39-34-16-4-1-11-30(34)31-12-2-5-17-35(31)39/h1-9,11,13-19,21,23,28,30-31,34H,10,12,20,22H2/t28?,30?,31-,34?/m0/s1. The van der Waals surface area contributed by atoms with E-state index < -0.39 is 0 Å². The summed E-state index contributed by atoms with van der Waals surface area (Å²) in [7, 11) is 0. The van der Waals surface area contributed by atoms with Crippen LogP contribution in [0.1, 0.15) is 31.2 Å². The summed E-state index contributed by atoms with van der Waals surface area (Å²) in [4.78, 5) is 2.70. The maximum absolute atomic E-state index is 9.44. The van der Waals surface area contributed by atoms with E-state index in [9.17, 15) is 5.26 Å². The second-order valence-electron chi connectivity index (χ2n) is 11.5.